The lowest BCUT2D eigenvalue weighted by Gasteiger charge is -2.44. The van der Waals surface area contributed by atoms with E-state index in [1.807, 2.05) is 0 Å². The molecule has 0 amide bonds. The molecule has 1 aromatic carbocycles. The molecule has 4 atom stereocenters. The van der Waals surface area contributed by atoms with Crippen molar-refractivity contribution in [2.45, 2.75) is 141 Å². The first-order valence-corrected chi connectivity index (χ1v) is 25.4. The summed E-state index contributed by atoms with van der Waals surface area (Å²) in [5, 5.41) is -0.116. The van der Waals surface area contributed by atoms with Crippen molar-refractivity contribution in [1.82, 2.24) is 19.1 Å². The average Bonchev–Trinajstić information content (AvgIpc) is 3.47. The molecule has 47 heavy (non-hydrogen) atoms. The van der Waals surface area contributed by atoms with Crippen molar-refractivity contribution in [3.05, 3.63) is 53.1 Å². The Balaban J connectivity index is 1.86. The number of fused-ring (bicyclic) bond motifs is 1. The second-order valence-electron chi connectivity index (χ2n) is 17.5. The molecule has 0 N–H and O–H groups in total. The van der Waals surface area contributed by atoms with Crippen LogP contribution >= 0.6 is 0 Å². The van der Waals surface area contributed by atoms with Gasteiger partial charge in [-0.3, -0.25) is 13.9 Å². The highest BCUT2D eigenvalue weighted by Gasteiger charge is 2.55. The van der Waals surface area contributed by atoms with Crippen LogP contribution in [0, 0.1) is 5.82 Å². The minimum Gasteiger partial charge on any atom is -0.414 e. The van der Waals surface area contributed by atoms with E-state index in [1.165, 1.54) is 23.0 Å². The summed E-state index contributed by atoms with van der Waals surface area (Å²) in [5.41, 5.74) is 0.509. The Hall–Kier alpha value is -2.01. The smallest absolute Gasteiger partial charge is 0.286 e. The third kappa shape index (κ3) is 7.61. The largest absolute Gasteiger partial charge is 0.414 e. The predicted molar refractivity (Wildman–Crippen MR) is 194 cm³/mol. The second kappa shape index (κ2) is 12.7. The summed E-state index contributed by atoms with van der Waals surface area (Å²) in [6.45, 7) is 33.8. The van der Waals surface area contributed by atoms with Crippen LogP contribution in [0.15, 0.2) is 41.7 Å². The van der Waals surface area contributed by atoms with E-state index in [4.69, 9.17) is 18.0 Å². The zero-order chi connectivity index (χ0) is 35.5. The number of benzene rings is 1. The first-order chi connectivity index (χ1) is 21.3. The van der Waals surface area contributed by atoms with E-state index in [0.717, 1.165) is 0 Å². The number of imidazole rings is 1. The molecule has 3 aromatic rings. The molecule has 0 radical (unpaired) electrons. The molecule has 9 nitrogen and oxygen atoms in total. The number of rotatable bonds is 9. The molecule has 1 aliphatic heterocycles. The highest BCUT2D eigenvalue weighted by molar-refractivity contribution is 6.75. The number of aromatic nitrogens is 4. The van der Waals surface area contributed by atoms with Gasteiger partial charge in [0.1, 0.15) is 30.5 Å². The molecule has 4 rings (SSSR count). The number of nitrogens with zero attached hydrogens (tertiary/aromatic N) is 4. The summed E-state index contributed by atoms with van der Waals surface area (Å²) < 4.78 is 45.4. The van der Waals surface area contributed by atoms with E-state index in [2.05, 4.69) is 112 Å². The second-order valence-corrected chi connectivity index (χ2v) is 31.9. The summed E-state index contributed by atoms with van der Waals surface area (Å²) in [6.07, 6.45) is 0.977. The third-order valence-electron chi connectivity index (χ3n) is 11.0. The van der Waals surface area contributed by atoms with Crippen LogP contribution in [0.5, 0.6) is 0 Å². The number of hydrogen-bond donors (Lipinski definition) is 0. The lowest BCUT2D eigenvalue weighted by molar-refractivity contribution is -0.0470. The van der Waals surface area contributed by atoms with Crippen LogP contribution in [0.4, 0.5) is 4.39 Å². The fraction of sp³-hybridized carbons (Fsp3) is 0.676. The predicted octanol–water partition coefficient (Wildman–Crippen LogP) is 8.42. The van der Waals surface area contributed by atoms with Gasteiger partial charge in [-0.2, -0.15) is 0 Å². The van der Waals surface area contributed by atoms with Crippen LogP contribution in [0.2, 0.25) is 54.4 Å². The van der Waals surface area contributed by atoms with Crippen LogP contribution in [-0.4, -0.2) is 69.0 Å². The molecule has 1 fully saturated rings. The van der Waals surface area contributed by atoms with Crippen LogP contribution < -0.4 is 5.56 Å². The van der Waals surface area contributed by atoms with Gasteiger partial charge in [0.05, 0.1) is 18.6 Å². The Labute approximate surface area is 283 Å². The monoisotopic (exact) mass is 704 g/mol. The van der Waals surface area contributed by atoms with Crippen molar-refractivity contribution in [3.63, 3.8) is 0 Å². The standard InChI is InChI=1S/C34H57FN4O5Si3/c1-32(2,3)45(10,11)41-20-25-27(43-46(12,13)33(4,5)6)28(44-47(14,15)34(7,8)9)31(42-25)39-21-36-26-29(39)37-22-38(30(26)40)24-18-16-17-23(35)19-24/h16-19,21-22,25,27-28,31H,20H2,1-15H3/t25-,27+,28?,31-/m1/s1. The maximum Gasteiger partial charge on any atom is 0.286 e. The van der Waals surface area contributed by atoms with E-state index in [0.29, 0.717) is 17.9 Å². The average molecular weight is 705 g/mol. The third-order valence-corrected chi connectivity index (χ3v) is 24.5. The molecule has 262 valence electrons. The first-order valence-electron chi connectivity index (χ1n) is 16.6. The number of ether oxygens (including phenoxy) is 1. The molecule has 0 saturated carbocycles. The molecular formula is C34H57FN4O5Si3. The Morgan fingerprint density at radius 3 is 1.89 bits per heavy atom. The topological polar surface area (TPSA) is 89.6 Å². The fourth-order valence-corrected chi connectivity index (χ4v) is 8.40. The molecule has 1 saturated heterocycles. The van der Waals surface area contributed by atoms with Gasteiger partial charge in [-0.15, -0.1) is 0 Å². The van der Waals surface area contributed by atoms with Crippen molar-refractivity contribution in [3.8, 4) is 5.69 Å². The summed E-state index contributed by atoms with van der Waals surface area (Å²) in [6, 6.07) is 5.85. The van der Waals surface area contributed by atoms with E-state index in [-0.39, 0.29) is 20.6 Å². The van der Waals surface area contributed by atoms with Crippen molar-refractivity contribution >= 4 is 36.1 Å². The number of hydrogen-bond acceptors (Lipinski definition) is 7. The van der Waals surface area contributed by atoms with Gasteiger partial charge >= 0.3 is 0 Å². The summed E-state index contributed by atoms with van der Waals surface area (Å²) in [5.74, 6) is -0.441. The molecule has 13 heteroatoms. The van der Waals surface area contributed by atoms with Gasteiger partial charge in [0.15, 0.2) is 42.3 Å². The molecule has 3 heterocycles. The minimum atomic E-state index is -2.38. The maximum atomic E-state index is 14.0. The Kier molecular flexibility index (Phi) is 10.2. The van der Waals surface area contributed by atoms with Crippen LogP contribution in [-0.2, 0) is 18.0 Å². The minimum absolute atomic E-state index is 0.0177. The van der Waals surface area contributed by atoms with E-state index in [1.54, 1.807) is 23.0 Å². The van der Waals surface area contributed by atoms with E-state index < -0.39 is 60.9 Å². The number of halogens is 1. The highest BCUT2D eigenvalue weighted by atomic mass is 28.4. The summed E-state index contributed by atoms with van der Waals surface area (Å²) in [4.78, 5) is 22.9. The lowest BCUT2D eigenvalue weighted by Crippen LogP contribution is -2.54. The van der Waals surface area contributed by atoms with Gasteiger partial charge in [0.2, 0.25) is 0 Å². The van der Waals surface area contributed by atoms with Crippen molar-refractivity contribution in [1.29, 1.82) is 0 Å². The highest BCUT2D eigenvalue weighted by Crippen LogP contribution is 2.46. The molecule has 0 spiro atoms. The molecule has 0 aliphatic carbocycles. The van der Waals surface area contributed by atoms with Gasteiger partial charge in [0.25, 0.3) is 5.56 Å². The molecule has 1 unspecified atom stereocenters. The van der Waals surface area contributed by atoms with Crippen molar-refractivity contribution in [2.24, 2.45) is 0 Å². The van der Waals surface area contributed by atoms with Crippen LogP contribution in [0.3, 0.4) is 0 Å². The Morgan fingerprint density at radius 2 is 1.36 bits per heavy atom. The van der Waals surface area contributed by atoms with Crippen LogP contribution in [0.25, 0.3) is 16.9 Å². The fourth-order valence-electron chi connectivity index (χ4n) is 4.78. The van der Waals surface area contributed by atoms with E-state index >= 15 is 0 Å². The maximum absolute atomic E-state index is 14.0. The van der Waals surface area contributed by atoms with Crippen molar-refractivity contribution in [2.75, 3.05) is 6.61 Å². The molecule has 2 aromatic heterocycles. The summed E-state index contributed by atoms with van der Waals surface area (Å²) in [7, 11) is -6.84. The SMILES string of the molecule is CC(C)(C)[Si](C)(C)OC[C@H]1O[C@@H](n2cnc3c(=O)n(-c4cccc(F)c4)cnc32)C(O[Si](C)(C)C(C)(C)C)[C@H]1O[Si](C)(C)C(C)(C)C. The van der Waals surface area contributed by atoms with Gasteiger partial charge in [-0.05, 0) is 72.6 Å². The van der Waals surface area contributed by atoms with Gasteiger partial charge in [-0.25, -0.2) is 14.4 Å². The van der Waals surface area contributed by atoms with Crippen LogP contribution in [0.1, 0.15) is 68.5 Å². The first kappa shape index (κ1) is 37.8. The van der Waals surface area contributed by atoms with Gasteiger partial charge < -0.3 is 18.0 Å². The van der Waals surface area contributed by atoms with Crippen molar-refractivity contribution < 1.29 is 22.4 Å². The van der Waals surface area contributed by atoms with Gasteiger partial charge in [-0.1, -0.05) is 68.4 Å². The molecule has 1 aliphatic rings. The van der Waals surface area contributed by atoms with Gasteiger partial charge in [0, 0.05) is 0 Å². The Bertz CT molecular complexity index is 1640. The molecular weight excluding hydrogens is 648 g/mol. The lowest BCUT2D eigenvalue weighted by atomic mass is 10.1. The zero-order valence-electron chi connectivity index (χ0n) is 31.2. The molecule has 0 bridgehead atoms. The Morgan fingerprint density at radius 1 is 0.809 bits per heavy atom. The summed E-state index contributed by atoms with van der Waals surface area (Å²) >= 11 is 0. The normalized spacial score (nSPS) is 22.0. The quantitative estimate of drug-likeness (QED) is 0.207. The zero-order valence-corrected chi connectivity index (χ0v) is 34.2. The van der Waals surface area contributed by atoms with E-state index in [9.17, 15) is 9.18 Å².